The Kier molecular flexibility index (Phi) is 6.05. The van der Waals surface area contributed by atoms with Crippen LogP contribution < -0.4 is 10.2 Å². The van der Waals surface area contributed by atoms with Crippen LogP contribution in [0.5, 0.6) is 0 Å². The highest BCUT2D eigenvalue weighted by molar-refractivity contribution is 6.05. The third kappa shape index (κ3) is 4.84. The molecule has 0 bridgehead atoms. The van der Waals surface area contributed by atoms with Crippen LogP contribution in [0.1, 0.15) is 20.7 Å². The second kappa shape index (κ2) is 8.66. The number of amides is 1. The van der Waals surface area contributed by atoms with Gasteiger partial charge in [0.25, 0.3) is 5.91 Å². The summed E-state index contributed by atoms with van der Waals surface area (Å²) in [7, 11) is 1.81. The van der Waals surface area contributed by atoms with Gasteiger partial charge in [-0.2, -0.15) is 0 Å². The van der Waals surface area contributed by atoms with Crippen molar-refractivity contribution in [1.29, 1.82) is 0 Å². The minimum atomic E-state index is -1.06. The van der Waals surface area contributed by atoms with E-state index < -0.39 is 5.97 Å². The first-order valence-corrected chi connectivity index (χ1v) is 8.69. The average Bonchev–Trinajstić information content (AvgIpc) is 2.69. The van der Waals surface area contributed by atoms with Gasteiger partial charge in [-0.3, -0.25) is 4.79 Å². The predicted octanol–water partition coefficient (Wildman–Crippen LogP) is 2.49. The summed E-state index contributed by atoms with van der Waals surface area (Å²) in [6, 6.07) is 13.6. The summed E-state index contributed by atoms with van der Waals surface area (Å²) in [5.74, 6) is -1.35. The Hall–Kier alpha value is -2.90. The van der Waals surface area contributed by atoms with Crippen LogP contribution in [0, 0.1) is 0 Å². The van der Waals surface area contributed by atoms with Gasteiger partial charge in [0.05, 0.1) is 37.2 Å². The Bertz CT molecular complexity index is 803. The van der Waals surface area contributed by atoms with Crippen molar-refractivity contribution in [2.75, 3.05) is 43.6 Å². The number of carbonyl (C=O) groups is 2. The number of nitrogens with one attached hydrogen (secondary N) is 1. The first kappa shape index (κ1) is 18.9. The van der Waals surface area contributed by atoms with Gasteiger partial charge < -0.3 is 24.8 Å². The number of carboxylic acid groups (broad SMARTS) is 1. The second-order valence-electron chi connectivity index (χ2n) is 6.31. The minimum Gasteiger partial charge on any atom is -0.478 e. The van der Waals surface area contributed by atoms with Gasteiger partial charge in [0.15, 0.2) is 0 Å². The van der Waals surface area contributed by atoms with Crippen LogP contribution in [0.15, 0.2) is 48.5 Å². The molecule has 0 radical (unpaired) electrons. The van der Waals surface area contributed by atoms with Gasteiger partial charge in [0, 0.05) is 24.8 Å². The van der Waals surface area contributed by atoms with E-state index in [0.29, 0.717) is 43.3 Å². The van der Waals surface area contributed by atoms with Gasteiger partial charge in [-0.05, 0) is 30.3 Å². The maximum Gasteiger partial charge on any atom is 0.337 e. The molecule has 2 N–H and O–H groups in total. The van der Waals surface area contributed by atoms with Crippen molar-refractivity contribution in [3.63, 3.8) is 0 Å². The Labute approximate surface area is 157 Å². The third-order valence-corrected chi connectivity index (χ3v) is 4.29. The van der Waals surface area contributed by atoms with E-state index in [4.69, 9.17) is 9.47 Å². The molecular weight excluding hydrogens is 348 g/mol. The molecule has 1 fully saturated rings. The highest BCUT2D eigenvalue weighted by atomic mass is 16.6. The molecule has 7 heteroatoms. The van der Waals surface area contributed by atoms with Crippen LogP contribution in [0.4, 0.5) is 11.4 Å². The summed E-state index contributed by atoms with van der Waals surface area (Å²) >= 11 is 0. The topological polar surface area (TPSA) is 88.1 Å². The second-order valence-corrected chi connectivity index (χ2v) is 6.31. The maximum absolute atomic E-state index is 12.3. The van der Waals surface area contributed by atoms with E-state index in [-0.39, 0.29) is 17.6 Å². The first-order valence-electron chi connectivity index (χ1n) is 8.69. The van der Waals surface area contributed by atoms with E-state index in [1.54, 1.807) is 36.4 Å². The van der Waals surface area contributed by atoms with Crippen molar-refractivity contribution in [2.45, 2.75) is 6.10 Å². The number of ether oxygens (including phenoxy) is 2. The first-order chi connectivity index (χ1) is 13.0. The van der Waals surface area contributed by atoms with Crippen molar-refractivity contribution in [3.8, 4) is 0 Å². The Morgan fingerprint density at radius 1 is 1.19 bits per heavy atom. The van der Waals surface area contributed by atoms with Gasteiger partial charge in [0.2, 0.25) is 0 Å². The largest absolute Gasteiger partial charge is 0.478 e. The van der Waals surface area contributed by atoms with Crippen LogP contribution in [0.2, 0.25) is 0 Å². The fourth-order valence-corrected chi connectivity index (χ4v) is 2.96. The smallest absolute Gasteiger partial charge is 0.337 e. The molecule has 27 heavy (non-hydrogen) atoms. The lowest BCUT2D eigenvalue weighted by Crippen LogP contribution is -2.38. The third-order valence-electron chi connectivity index (χ3n) is 4.29. The van der Waals surface area contributed by atoms with E-state index in [2.05, 4.69) is 5.32 Å². The van der Waals surface area contributed by atoms with E-state index in [1.165, 1.54) is 6.07 Å². The van der Waals surface area contributed by atoms with E-state index in [9.17, 15) is 14.7 Å². The molecule has 2 aromatic carbocycles. The van der Waals surface area contributed by atoms with Crippen molar-refractivity contribution in [3.05, 3.63) is 59.7 Å². The molecule has 1 amide bonds. The minimum absolute atomic E-state index is 0.108. The summed E-state index contributed by atoms with van der Waals surface area (Å²) in [6.45, 7) is 2.11. The summed E-state index contributed by atoms with van der Waals surface area (Å²) in [5.41, 5.74) is 1.59. The van der Waals surface area contributed by atoms with Crippen molar-refractivity contribution < 1.29 is 24.2 Å². The van der Waals surface area contributed by atoms with Gasteiger partial charge in [-0.25, -0.2) is 4.79 Å². The van der Waals surface area contributed by atoms with Crippen LogP contribution in [-0.4, -0.2) is 56.5 Å². The number of hydrogen-bond acceptors (Lipinski definition) is 5. The van der Waals surface area contributed by atoms with Crippen LogP contribution >= 0.6 is 0 Å². The number of carbonyl (C=O) groups excluding carboxylic acids is 1. The molecule has 1 heterocycles. The highest BCUT2D eigenvalue weighted by Gasteiger charge is 2.20. The average molecular weight is 370 g/mol. The zero-order chi connectivity index (χ0) is 19.2. The lowest BCUT2D eigenvalue weighted by Gasteiger charge is -2.29. The quantitative estimate of drug-likeness (QED) is 0.812. The molecule has 0 saturated carbocycles. The molecule has 0 aliphatic carbocycles. The van der Waals surface area contributed by atoms with Crippen LogP contribution in [0.25, 0.3) is 0 Å². The number of nitrogens with zero attached hydrogens (tertiary/aromatic N) is 1. The molecular formula is C20H22N2O5. The number of rotatable bonds is 6. The van der Waals surface area contributed by atoms with Crippen LogP contribution in [-0.2, 0) is 9.47 Å². The number of aromatic carboxylic acids is 1. The van der Waals surface area contributed by atoms with Crippen molar-refractivity contribution in [2.24, 2.45) is 0 Å². The predicted molar refractivity (Wildman–Crippen MR) is 102 cm³/mol. The molecule has 7 nitrogen and oxygen atoms in total. The Balaban J connectivity index is 1.76. The van der Waals surface area contributed by atoms with Gasteiger partial charge >= 0.3 is 5.97 Å². The lowest BCUT2D eigenvalue weighted by molar-refractivity contribution is -0.0837. The Morgan fingerprint density at radius 3 is 2.63 bits per heavy atom. The Morgan fingerprint density at radius 2 is 1.96 bits per heavy atom. The van der Waals surface area contributed by atoms with E-state index in [0.717, 1.165) is 0 Å². The van der Waals surface area contributed by atoms with Crippen molar-refractivity contribution in [1.82, 2.24) is 0 Å². The monoisotopic (exact) mass is 370 g/mol. The zero-order valence-corrected chi connectivity index (χ0v) is 15.1. The van der Waals surface area contributed by atoms with Crippen LogP contribution in [0.3, 0.4) is 0 Å². The SMILES string of the molecule is CN(CC1COCCO1)c1ccc(NC(=O)c2ccccc2)cc1C(=O)O. The van der Waals surface area contributed by atoms with E-state index >= 15 is 0 Å². The number of likely N-dealkylation sites (N-methyl/N-ethyl adjacent to an activating group) is 1. The number of anilines is 2. The summed E-state index contributed by atoms with van der Waals surface area (Å²) in [5, 5.41) is 12.3. The van der Waals surface area contributed by atoms with Gasteiger partial charge in [-0.1, -0.05) is 18.2 Å². The number of hydrogen-bond donors (Lipinski definition) is 2. The lowest BCUT2D eigenvalue weighted by atomic mass is 10.1. The molecule has 1 saturated heterocycles. The molecule has 2 aromatic rings. The van der Waals surface area contributed by atoms with E-state index in [1.807, 2.05) is 18.0 Å². The summed E-state index contributed by atoms with van der Waals surface area (Å²) in [6.07, 6.45) is -0.108. The molecule has 3 rings (SSSR count). The molecule has 0 spiro atoms. The molecule has 1 unspecified atom stereocenters. The summed E-state index contributed by atoms with van der Waals surface area (Å²) < 4.78 is 11.0. The normalized spacial score (nSPS) is 16.6. The summed E-state index contributed by atoms with van der Waals surface area (Å²) in [4.78, 5) is 25.8. The number of carboxylic acids is 1. The molecule has 0 aromatic heterocycles. The van der Waals surface area contributed by atoms with Crippen molar-refractivity contribution >= 4 is 23.3 Å². The maximum atomic E-state index is 12.3. The molecule has 1 atom stereocenters. The highest BCUT2D eigenvalue weighted by Crippen LogP contribution is 2.25. The zero-order valence-electron chi connectivity index (χ0n) is 15.1. The fraction of sp³-hybridized carbons (Fsp3) is 0.300. The van der Waals surface area contributed by atoms with Gasteiger partial charge in [0.1, 0.15) is 0 Å². The molecule has 142 valence electrons. The standard InChI is InChI=1S/C20H22N2O5/c1-22(12-16-13-26-9-10-27-16)18-8-7-15(11-17(18)20(24)25)21-19(23)14-5-3-2-4-6-14/h2-8,11,16H,9-10,12-13H2,1H3,(H,21,23)(H,24,25). The molecule has 1 aliphatic rings. The molecule has 1 aliphatic heterocycles. The number of benzene rings is 2. The fourth-order valence-electron chi connectivity index (χ4n) is 2.96. The van der Waals surface area contributed by atoms with Gasteiger partial charge in [-0.15, -0.1) is 0 Å².